The van der Waals surface area contributed by atoms with E-state index in [0.717, 1.165) is 30.6 Å². The van der Waals surface area contributed by atoms with E-state index in [1.807, 2.05) is 48.5 Å². The summed E-state index contributed by atoms with van der Waals surface area (Å²) in [6.07, 6.45) is 2.11. The van der Waals surface area contributed by atoms with E-state index in [-0.39, 0.29) is 11.8 Å². The minimum Gasteiger partial charge on any atom is -0.367 e. The van der Waals surface area contributed by atoms with Gasteiger partial charge in [0.2, 0.25) is 10.0 Å². The average molecular weight is 330 g/mol. The van der Waals surface area contributed by atoms with Crippen LogP contribution in [0.5, 0.6) is 0 Å². The van der Waals surface area contributed by atoms with Crippen LogP contribution in [0.25, 0.3) is 0 Å². The van der Waals surface area contributed by atoms with Crippen molar-refractivity contribution in [2.24, 2.45) is 0 Å². The summed E-state index contributed by atoms with van der Waals surface area (Å²) in [6, 6.07) is 19.7. The molecular weight excluding hydrogens is 308 g/mol. The first-order valence-electron chi connectivity index (χ1n) is 7.97. The second-order valence-corrected chi connectivity index (χ2v) is 7.72. The third-order valence-electron chi connectivity index (χ3n) is 4.20. The van der Waals surface area contributed by atoms with E-state index < -0.39 is 10.0 Å². The maximum absolute atomic E-state index is 12.3. The average Bonchev–Trinajstić information content (AvgIpc) is 3.03. The fourth-order valence-electron chi connectivity index (χ4n) is 3.08. The van der Waals surface area contributed by atoms with Gasteiger partial charge in [0.25, 0.3) is 0 Å². The molecule has 0 aliphatic carbocycles. The number of rotatable bonds is 6. The van der Waals surface area contributed by atoms with Gasteiger partial charge in [-0.05, 0) is 30.5 Å². The van der Waals surface area contributed by atoms with Crippen molar-refractivity contribution in [1.29, 1.82) is 0 Å². The lowest BCUT2D eigenvalue weighted by Crippen LogP contribution is -2.40. The van der Waals surface area contributed by atoms with Gasteiger partial charge in [-0.1, -0.05) is 48.5 Å². The molecule has 122 valence electrons. The van der Waals surface area contributed by atoms with Crippen molar-refractivity contribution in [1.82, 2.24) is 4.72 Å². The number of benzene rings is 2. The first kappa shape index (κ1) is 16.0. The molecule has 5 heteroatoms. The van der Waals surface area contributed by atoms with Gasteiger partial charge in [-0.3, -0.25) is 0 Å². The predicted octanol–water partition coefficient (Wildman–Crippen LogP) is 2.78. The molecule has 1 unspecified atom stereocenters. The van der Waals surface area contributed by atoms with Crippen LogP contribution < -0.4 is 9.62 Å². The smallest absolute Gasteiger partial charge is 0.215 e. The molecule has 0 aromatic heterocycles. The number of nitrogens with one attached hydrogen (secondary N) is 1. The molecule has 0 bridgehead atoms. The molecule has 1 saturated heterocycles. The Kier molecular flexibility index (Phi) is 4.98. The molecule has 3 rings (SSSR count). The van der Waals surface area contributed by atoms with E-state index >= 15 is 0 Å². The third-order valence-corrected chi connectivity index (χ3v) is 5.52. The van der Waals surface area contributed by atoms with Crippen molar-refractivity contribution in [2.75, 3.05) is 18.0 Å². The van der Waals surface area contributed by atoms with Crippen LogP contribution in [0.4, 0.5) is 5.69 Å². The van der Waals surface area contributed by atoms with Crippen molar-refractivity contribution in [3.63, 3.8) is 0 Å². The minimum atomic E-state index is -3.30. The lowest BCUT2D eigenvalue weighted by Gasteiger charge is -2.27. The zero-order valence-electron chi connectivity index (χ0n) is 13.1. The topological polar surface area (TPSA) is 49.4 Å². The molecule has 0 amide bonds. The van der Waals surface area contributed by atoms with Crippen LogP contribution in [-0.4, -0.2) is 27.5 Å². The van der Waals surface area contributed by atoms with Crippen LogP contribution >= 0.6 is 0 Å². The Bertz CT molecular complexity index is 717. The van der Waals surface area contributed by atoms with Gasteiger partial charge >= 0.3 is 0 Å². The van der Waals surface area contributed by atoms with E-state index in [2.05, 4.69) is 21.8 Å². The number of sulfonamides is 1. The number of hydrogen-bond donors (Lipinski definition) is 1. The second-order valence-electron chi connectivity index (χ2n) is 5.92. The molecule has 2 aromatic rings. The number of hydrogen-bond acceptors (Lipinski definition) is 3. The summed E-state index contributed by atoms with van der Waals surface area (Å²) in [6.45, 7) is 1.44. The van der Waals surface area contributed by atoms with Gasteiger partial charge in [-0.2, -0.15) is 0 Å². The summed E-state index contributed by atoms with van der Waals surface area (Å²) < 4.78 is 27.3. The fraction of sp³-hybridized carbons (Fsp3) is 0.333. The lowest BCUT2D eigenvalue weighted by atomic mass is 10.2. The quantitative estimate of drug-likeness (QED) is 0.886. The Labute approximate surface area is 138 Å². The number of para-hydroxylation sites is 1. The van der Waals surface area contributed by atoms with E-state index in [0.29, 0.717) is 6.54 Å². The molecule has 1 atom stereocenters. The Morgan fingerprint density at radius 3 is 2.35 bits per heavy atom. The standard InChI is InChI=1S/C18H22N2O2S/c21-23(22,15-16-8-3-1-4-9-16)19-14-18-12-7-13-20(18)17-10-5-2-6-11-17/h1-6,8-11,18-19H,7,12-15H2. The molecule has 1 aliphatic heterocycles. The second kappa shape index (κ2) is 7.15. The number of anilines is 1. The SMILES string of the molecule is O=S(=O)(Cc1ccccc1)NCC1CCCN1c1ccccc1. The summed E-state index contributed by atoms with van der Waals surface area (Å²) in [5.74, 6) is 0.0336. The largest absolute Gasteiger partial charge is 0.367 e. The highest BCUT2D eigenvalue weighted by Gasteiger charge is 2.26. The molecule has 0 radical (unpaired) electrons. The van der Waals surface area contributed by atoms with E-state index in [4.69, 9.17) is 0 Å². The maximum atomic E-state index is 12.3. The molecule has 1 fully saturated rings. The molecule has 1 aliphatic rings. The zero-order chi connectivity index (χ0) is 16.1. The predicted molar refractivity (Wildman–Crippen MR) is 93.9 cm³/mol. The van der Waals surface area contributed by atoms with Crippen LogP contribution in [-0.2, 0) is 15.8 Å². The summed E-state index contributed by atoms with van der Waals surface area (Å²) in [4.78, 5) is 2.30. The van der Waals surface area contributed by atoms with E-state index in [1.54, 1.807) is 0 Å². The molecule has 4 nitrogen and oxygen atoms in total. The van der Waals surface area contributed by atoms with Crippen molar-refractivity contribution in [3.05, 3.63) is 66.2 Å². The minimum absolute atomic E-state index is 0.0336. The molecule has 2 aromatic carbocycles. The fourth-order valence-corrected chi connectivity index (χ4v) is 4.25. The highest BCUT2D eigenvalue weighted by atomic mass is 32.2. The molecule has 23 heavy (non-hydrogen) atoms. The molecule has 0 spiro atoms. The summed E-state index contributed by atoms with van der Waals surface area (Å²) in [7, 11) is -3.30. The number of nitrogens with zero attached hydrogens (tertiary/aromatic N) is 1. The van der Waals surface area contributed by atoms with Crippen LogP contribution in [0.2, 0.25) is 0 Å². The van der Waals surface area contributed by atoms with Crippen LogP contribution in [0.1, 0.15) is 18.4 Å². The van der Waals surface area contributed by atoms with Crippen LogP contribution in [0, 0.1) is 0 Å². The van der Waals surface area contributed by atoms with Crippen molar-refractivity contribution >= 4 is 15.7 Å². The highest BCUT2D eigenvalue weighted by Crippen LogP contribution is 2.24. The van der Waals surface area contributed by atoms with Crippen molar-refractivity contribution < 1.29 is 8.42 Å². The molecule has 0 saturated carbocycles. The Balaban J connectivity index is 1.61. The van der Waals surface area contributed by atoms with Gasteiger partial charge in [0.05, 0.1) is 5.75 Å². The van der Waals surface area contributed by atoms with Gasteiger partial charge in [-0.15, -0.1) is 0 Å². The zero-order valence-corrected chi connectivity index (χ0v) is 13.9. The first-order valence-corrected chi connectivity index (χ1v) is 9.62. The summed E-state index contributed by atoms with van der Waals surface area (Å²) in [5.41, 5.74) is 1.98. The van der Waals surface area contributed by atoms with Gasteiger partial charge < -0.3 is 4.90 Å². The van der Waals surface area contributed by atoms with Gasteiger partial charge in [0.15, 0.2) is 0 Å². The highest BCUT2D eigenvalue weighted by molar-refractivity contribution is 7.88. The van der Waals surface area contributed by atoms with Gasteiger partial charge in [-0.25, -0.2) is 13.1 Å². The lowest BCUT2D eigenvalue weighted by molar-refractivity contribution is 0.566. The van der Waals surface area contributed by atoms with E-state index in [1.165, 1.54) is 0 Å². The normalized spacial score (nSPS) is 18.3. The molecular formula is C18H22N2O2S. The molecule has 1 N–H and O–H groups in total. The summed E-state index contributed by atoms with van der Waals surface area (Å²) >= 11 is 0. The Morgan fingerprint density at radius 1 is 1.00 bits per heavy atom. The van der Waals surface area contributed by atoms with Gasteiger partial charge in [0, 0.05) is 24.8 Å². The van der Waals surface area contributed by atoms with Crippen LogP contribution in [0.15, 0.2) is 60.7 Å². The molecule has 1 heterocycles. The first-order chi connectivity index (χ1) is 11.1. The monoisotopic (exact) mass is 330 g/mol. The Morgan fingerprint density at radius 2 is 1.65 bits per heavy atom. The van der Waals surface area contributed by atoms with Gasteiger partial charge in [0.1, 0.15) is 0 Å². The Hall–Kier alpha value is -1.85. The maximum Gasteiger partial charge on any atom is 0.215 e. The van der Waals surface area contributed by atoms with Crippen LogP contribution in [0.3, 0.4) is 0 Å². The third kappa shape index (κ3) is 4.33. The summed E-state index contributed by atoms with van der Waals surface area (Å²) in [5, 5.41) is 0. The van der Waals surface area contributed by atoms with Crippen molar-refractivity contribution in [3.8, 4) is 0 Å². The van der Waals surface area contributed by atoms with E-state index in [9.17, 15) is 8.42 Å². The van der Waals surface area contributed by atoms with Crippen molar-refractivity contribution in [2.45, 2.75) is 24.6 Å².